The van der Waals surface area contributed by atoms with Crippen molar-refractivity contribution < 1.29 is 38.1 Å². The second-order valence-corrected chi connectivity index (χ2v) is 17.6. The summed E-state index contributed by atoms with van der Waals surface area (Å²) in [6.45, 7) is 11.1. The number of imidazole rings is 2. The van der Waals surface area contributed by atoms with Gasteiger partial charge in [0.05, 0.1) is 55.8 Å². The maximum atomic E-state index is 14.1. The fraction of sp³-hybridized carbons (Fsp3) is 0.489. The number of likely N-dealkylation sites (tertiary alicyclic amines) is 2. The Morgan fingerprint density at radius 2 is 1.65 bits per heavy atom. The van der Waals surface area contributed by atoms with E-state index in [2.05, 4.69) is 57.0 Å². The Kier molecular flexibility index (Phi) is 12.4. The summed E-state index contributed by atoms with van der Waals surface area (Å²) in [4.78, 5) is 73.1. The van der Waals surface area contributed by atoms with E-state index in [0.29, 0.717) is 44.2 Å². The van der Waals surface area contributed by atoms with Crippen LogP contribution in [0.4, 0.5) is 9.59 Å². The summed E-state index contributed by atoms with van der Waals surface area (Å²) in [7, 11) is 4.25. The molecule has 3 aromatic carbocycles. The van der Waals surface area contributed by atoms with Crippen LogP contribution < -0.4 is 15.4 Å². The number of methoxy groups -OCH3 is 3. The zero-order valence-corrected chi connectivity index (χ0v) is 37.2. The minimum Gasteiger partial charge on any atom is -0.488 e. The Labute approximate surface area is 366 Å². The molecule has 8 rings (SSSR count). The van der Waals surface area contributed by atoms with Crippen LogP contribution in [0.25, 0.3) is 44.2 Å². The fourth-order valence-corrected chi connectivity index (χ4v) is 9.60. The highest BCUT2D eigenvalue weighted by molar-refractivity contribution is 6.07. The highest BCUT2D eigenvalue weighted by atomic mass is 16.5. The lowest BCUT2D eigenvalue weighted by atomic mass is 9.92. The molecule has 2 saturated heterocycles. The Bertz CT molecular complexity index is 2530. The summed E-state index contributed by atoms with van der Waals surface area (Å²) in [5.41, 5.74) is 6.52. The second-order valence-electron chi connectivity index (χ2n) is 17.6. The van der Waals surface area contributed by atoms with Crippen molar-refractivity contribution in [3.8, 4) is 28.1 Å². The number of nitrogens with zero attached hydrogens (tertiary/aromatic N) is 4. The van der Waals surface area contributed by atoms with Gasteiger partial charge in [0.25, 0.3) is 0 Å². The van der Waals surface area contributed by atoms with Gasteiger partial charge in [0.2, 0.25) is 11.8 Å². The van der Waals surface area contributed by atoms with Crippen LogP contribution in [0.15, 0.2) is 48.7 Å². The number of nitrogens with one attached hydrogen (secondary N) is 4. The third-order valence-corrected chi connectivity index (χ3v) is 13.2. The van der Waals surface area contributed by atoms with E-state index in [9.17, 15) is 19.2 Å². The number of benzene rings is 3. The lowest BCUT2D eigenvalue weighted by Crippen LogP contribution is -2.52. The Balaban J connectivity index is 1.05. The topological polar surface area (TPSA) is 193 Å². The molecule has 3 aliphatic heterocycles. The van der Waals surface area contributed by atoms with Crippen molar-refractivity contribution in [2.45, 2.75) is 97.1 Å². The first-order chi connectivity index (χ1) is 30.3. The fourth-order valence-electron chi connectivity index (χ4n) is 9.60. The summed E-state index contributed by atoms with van der Waals surface area (Å²) in [6.07, 6.45) is 3.45. The molecule has 16 nitrogen and oxygen atoms in total. The SMILES string of the molecule is CC[C@H](C)C(NC(=O)OC)C(=O)N1C[C@@H](COC)C[C@H]1c1ncc(-c2ccc3c(c2)COc2cc4c(ccc5nc([C@@H]6CC[C@H](C)N6C(=O)[C@@H](NC(=O)OC)C(C)C)[nH]c54)cc2-3)[nH]1. The van der Waals surface area contributed by atoms with E-state index >= 15 is 0 Å². The number of hydrogen-bond donors (Lipinski definition) is 4. The van der Waals surface area contributed by atoms with Crippen LogP contribution in [-0.2, 0) is 30.4 Å². The van der Waals surface area contributed by atoms with Gasteiger partial charge in [-0.25, -0.2) is 19.6 Å². The number of amides is 4. The quantitative estimate of drug-likeness (QED) is 0.0982. The molecule has 5 aromatic rings. The average molecular weight is 863 g/mol. The first-order valence-corrected chi connectivity index (χ1v) is 21.9. The predicted molar refractivity (Wildman–Crippen MR) is 237 cm³/mol. The minimum atomic E-state index is -0.741. The van der Waals surface area contributed by atoms with Gasteiger partial charge in [-0.05, 0) is 84.4 Å². The molecule has 5 heterocycles. The van der Waals surface area contributed by atoms with E-state index in [0.717, 1.165) is 68.3 Å². The van der Waals surface area contributed by atoms with E-state index in [1.54, 1.807) is 13.3 Å². The van der Waals surface area contributed by atoms with Crippen LogP contribution in [0, 0.1) is 17.8 Å². The van der Waals surface area contributed by atoms with Crippen molar-refractivity contribution in [1.82, 2.24) is 40.4 Å². The molecular weight excluding hydrogens is 805 g/mol. The molecular formula is C47H58N8O8. The maximum absolute atomic E-state index is 14.1. The lowest BCUT2D eigenvalue weighted by molar-refractivity contribution is -0.137. The third kappa shape index (κ3) is 8.28. The Hall–Kier alpha value is -6.16. The minimum absolute atomic E-state index is 0.0303. The monoisotopic (exact) mass is 862 g/mol. The number of hydrogen-bond acceptors (Lipinski definition) is 10. The zero-order valence-electron chi connectivity index (χ0n) is 37.2. The molecule has 1 unspecified atom stereocenters. The summed E-state index contributed by atoms with van der Waals surface area (Å²) >= 11 is 0. The highest BCUT2D eigenvalue weighted by Crippen LogP contribution is 2.44. The van der Waals surface area contributed by atoms with Gasteiger partial charge in [-0.3, -0.25) is 9.59 Å². The third-order valence-electron chi connectivity index (χ3n) is 13.2. The van der Waals surface area contributed by atoms with E-state index in [1.165, 1.54) is 14.2 Å². The van der Waals surface area contributed by atoms with Crippen LogP contribution >= 0.6 is 0 Å². The van der Waals surface area contributed by atoms with Gasteiger partial charge in [0.15, 0.2) is 0 Å². The largest absolute Gasteiger partial charge is 0.488 e. The molecule has 63 heavy (non-hydrogen) atoms. The van der Waals surface area contributed by atoms with Crippen molar-refractivity contribution in [2.24, 2.45) is 17.8 Å². The standard InChI is InChI=1S/C47H58N8O8/c1-9-25(4)40(53-47(59)62-8)44(56)54-21-27(22-60-6)16-37(54)42-48-20-35(50-42)29-11-13-31-30(17-29)23-63-38-19-32-28(18-33(31)38)12-14-34-41(32)51-43(49-34)36-15-10-26(5)55(36)45(57)39(24(2)3)52-46(58)61-7/h11-14,17-20,24-27,36-37,39-40H,9-10,15-16,21-23H2,1-8H3,(H,48,50)(H,49,51)(H,52,58)(H,53,59)/t25-,26-,27-,36-,37-,39-,40?/m0/s1. The number of carbonyl (C=O) groups is 4. The number of fused-ring (bicyclic) bond motifs is 6. The Morgan fingerprint density at radius 1 is 0.889 bits per heavy atom. The number of H-pyrrole nitrogens is 2. The number of alkyl carbamates (subject to hydrolysis) is 2. The first kappa shape index (κ1) is 43.5. The van der Waals surface area contributed by atoms with E-state index in [4.69, 9.17) is 28.9 Å². The normalized spacial score (nSPS) is 20.8. The van der Waals surface area contributed by atoms with Crippen molar-refractivity contribution in [1.29, 1.82) is 0 Å². The van der Waals surface area contributed by atoms with Crippen molar-refractivity contribution in [3.63, 3.8) is 0 Å². The van der Waals surface area contributed by atoms with Gasteiger partial charge < -0.3 is 49.3 Å². The van der Waals surface area contributed by atoms with Gasteiger partial charge in [-0.15, -0.1) is 0 Å². The molecule has 0 aliphatic carbocycles. The van der Waals surface area contributed by atoms with E-state index < -0.39 is 24.3 Å². The van der Waals surface area contributed by atoms with Gasteiger partial charge >= 0.3 is 12.2 Å². The molecule has 334 valence electrons. The lowest BCUT2D eigenvalue weighted by Gasteiger charge is -2.32. The van der Waals surface area contributed by atoms with Gasteiger partial charge in [0.1, 0.15) is 36.1 Å². The highest BCUT2D eigenvalue weighted by Gasteiger charge is 2.43. The number of aromatic amines is 2. The molecule has 4 N–H and O–H groups in total. The number of carbonyl (C=O) groups excluding carboxylic acids is 4. The summed E-state index contributed by atoms with van der Waals surface area (Å²) in [5.74, 6) is 1.69. The van der Waals surface area contributed by atoms with Gasteiger partial charge in [-0.2, -0.15) is 0 Å². The molecule has 16 heteroatoms. The number of aromatic nitrogens is 4. The van der Waals surface area contributed by atoms with E-state index in [1.807, 2.05) is 50.5 Å². The molecule has 7 atom stereocenters. The molecule has 0 spiro atoms. The molecule has 0 radical (unpaired) electrons. The van der Waals surface area contributed by atoms with Gasteiger partial charge in [0, 0.05) is 36.6 Å². The van der Waals surface area contributed by atoms with Crippen LogP contribution in [0.5, 0.6) is 5.75 Å². The maximum Gasteiger partial charge on any atom is 0.407 e. The molecule has 4 amide bonds. The van der Waals surface area contributed by atoms with Crippen LogP contribution in [0.3, 0.4) is 0 Å². The summed E-state index contributed by atoms with van der Waals surface area (Å²) in [5, 5.41) is 7.50. The number of rotatable bonds is 12. The molecule has 0 saturated carbocycles. The van der Waals surface area contributed by atoms with Crippen LogP contribution in [-0.4, -0.2) is 106 Å². The van der Waals surface area contributed by atoms with Gasteiger partial charge in [-0.1, -0.05) is 52.3 Å². The zero-order chi connectivity index (χ0) is 44.7. The number of ether oxygens (including phenoxy) is 4. The smallest absolute Gasteiger partial charge is 0.407 e. The van der Waals surface area contributed by atoms with Crippen LogP contribution in [0.2, 0.25) is 0 Å². The second kappa shape index (κ2) is 17.9. The van der Waals surface area contributed by atoms with E-state index in [-0.39, 0.29) is 47.7 Å². The predicted octanol–water partition coefficient (Wildman–Crippen LogP) is 7.40. The molecule has 2 aromatic heterocycles. The van der Waals surface area contributed by atoms with Crippen LogP contribution in [0.1, 0.15) is 89.6 Å². The average Bonchev–Trinajstić information content (AvgIpc) is 4.11. The molecule has 0 bridgehead atoms. The van der Waals surface area contributed by atoms with Crippen molar-refractivity contribution in [3.05, 3.63) is 65.9 Å². The summed E-state index contributed by atoms with van der Waals surface area (Å²) < 4.78 is 21.6. The molecule has 3 aliphatic rings. The molecule has 2 fully saturated rings. The summed E-state index contributed by atoms with van der Waals surface area (Å²) in [6, 6.07) is 12.5. The first-order valence-electron chi connectivity index (χ1n) is 21.9. The Morgan fingerprint density at radius 3 is 2.37 bits per heavy atom. The van der Waals surface area contributed by atoms with Crippen molar-refractivity contribution >= 4 is 45.8 Å². The van der Waals surface area contributed by atoms with Crippen molar-refractivity contribution in [2.75, 3.05) is 34.5 Å².